The van der Waals surface area contributed by atoms with Gasteiger partial charge in [0.05, 0.1) is 23.9 Å². The molecule has 0 spiro atoms. The maximum atomic E-state index is 14.1. The molecule has 2 aromatic carbocycles. The summed E-state index contributed by atoms with van der Waals surface area (Å²) in [6.07, 6.45) is -2.76. The Morgan fingerprint density at radius 1 is 1.19 bits per heavy atom. The zero-order valence-corrected chi connectivity index (χ0v) is 17.1. The number of alkyl halides is 3. The maximum Gasteiger partial charge on any atom is 0.418 e. The van der Waals surface area contributed by atoms with Gasteiger partial charge in [0, 0.05) is 30.7 Å². The lowest BCUT2D eigenvalue weighted by Crippen LogP contribution is -2.32. The number of esters is 1. The molecule has 9 heteroatoms. The number of hydrogen-bond acceptors (Lipinski definition) is 5. The monoisotopic (exact) mass is 440 g/mol. The van der Waals surface area contributed by atoms with Gasteiger partial charge in [0.15, 0.2) is 5.69 Å². The summed E-state index contributed by atoms with van der Waals surface area (Å²) in [7, 11) is 1.13. The average molecular weight is 440 g/mol. The number of benzene rings is 2. The van der Waals surface area contributed by atoms with Crippen molar-refractivity contribution in [2.24, 2.45) is 0 Å². The molecular weight excluding hydrogens is 421 g/mol. The Hall–Kier alpha value is -3.93. The van der Waals surface area contributed by atoms with Gasteiger partial charge in [0.2, 0.25) is 0 Å². The summed E-state index contributed by atoms with van der Waals surface area (Å²) in [4.78, 5) is 13.9. The molecule has 164 valence electrons. The highest BCUT2D eigenvalue weighted by Crippen LogP contribution is 2.40. The number of hydrogen-bond donors (Lipinski definition) is 1. The number of nitriles is 1. The Balaban J connectivity index is 1.82. The van der Waals surface area contributed by atoms with Crippen molar-refractivity contribution in [2.45, 2.75) is 19.1 Å². The van der Waals surface area contributed by atoms with Crippen molar-refractivity contribution in [3.63, 3.8) is 0 Å². The van der Waals surface area contributed by atoms with Crippen LogP contribution in [-0.2, 0) is 23.9 Å². The molecule has 0 amide bonds. The second kappa shape index (κ2) is 7.96. The van der Waals surface area contributed by atoms with E-state index >= 15 is 0 Å². The van der Waals surface area contributed by atoms with Gasteiger partial charge in [0.25, 0.3) is 0 Å². The number of carbonyl (C=O) groups is 1. The van der Waals surface area contributed by atoms with Crippen LogP contribution in [0.4, 0.5) is 24.5 Å². The van der Waals surface area contributed by atoms with Gasteiger partial charge in [0.1, 0.15) is 6.07 Å². The topological polar surface area (TPSA) is 84.3 Å². The quantitative estimate of drug-likeness (QED) is 0.614. The molecule has 0 fully saturated rings. The van der Waals surface area contributed by atoms with Crippen LogP contribution in [0.15, 0.2) is 48.7 Å². The van der Waals surface area contributed by atoms with Gasteiger partial charge in [-0.15, -0.1) is 0 Å². The van der Waals surface area contributed by atoms with Crippen molar-refractivity contribution < 1.29 is 22.7 Å². The van der Waals surface area contributed by atoms with E-state index in [1.165, 1.54) is 18.3 Å². The lowest BCUT2D eigenvalue weighted by atomic mass is 9.98. The van der Waals surface area contributed by atoms with Crippen LogP contribution < -0.4 is 10.6 Å². The summed E-state index contributed by atoms with van der Waals surface area (Å²) < 4.78 is 48.1. The molecule has 0 saturated carbocycles. The molecule has 6 nitrogen and oxygen atoms in total. The van der Waals surface area contributed by atoms with Crippen LogP contribution in [0.25, 0.3) is 5.69 Å². The number of methoxy groups -OCH3 is 1. The SMILES string of the molecule is COC(=O)c1c(N)c(C#N)cn1-c1ccc(N2CCc3ccccc3C2)c(C(F)(F)F)c1. The van der Waals surface area contributed by atoms with Crippen molar-refractivity contribution in [1.29, 1.82) is 5.26 Å². The summed E-state index contributed by atoms with van der Waals surface area (Å²) in [5.74, 6) is -0.853. The Bertz CT molecular complexity index is 1240. The minimum Gasteiger partial charge on any atom is -0.464 e. The number of halogens is 3. The van der Waals surface area contributed by atoms with Crippen LogP contribution in [0.5, 0.6) is 0 Å². The Morgan fingerprint density at radius 2 is 1.91 bits per heavy atom. The van der Waals surface area contributed by atoms with E-state index in [9.17, 15) is 23.2 Å². The third-order valence-corrected chi connectivity index (χ3v) is 5.58. The van der Waals surface area contributed by atoms with Gasteiger partial charge >= 0.3 is 12.1 Å². The van der Waals surface area contributed by atoms with E-state index in [0.29, 0.717) is 19.5 Å². The highest BCUT2D eigenvalue weighted by atomic mass is 19.4. The number of anilines is 2. The molecule has 1 aliphatic heterocycles. The van der Waals surface area contributed by atoms with Gasteiger partial charge in [-0.2, -0.15) is 18.4 Å². The predicted molar refractivity (Wildman–Crippen MR) is 112 cm³/mol. The second-order valence-electron chi connectivity index (χ2n) is 7.42. The van der Waals surface area contributed by atoms with E-state index in [-0.39, 0.29) is 28.3 Å². The van der Waals surface area contributed by atoms with Gasteiger partial charge in [-0.05, 0) is 35.7 Å². The zero-order chi connectivity index (χ0) is 23.0. The maximum absolute atomic E-state index is 14.1. The van der Waals surface area contributed by atoms with Crippen LogP contribution in [0.1, 0.15) is 32.7 Å². The van der Waals surface area contributed by atoms with Crippen molar-refractivity contribution in [3.8, 4) is 11.8 Å². The van der Waals surface area contributed by atoms with Crippen molar-refractivity contribution in [3.05, 3.63) is 76.6 Å². The molecule has 0 atom stereocenters. The molecule has 3 aromatic rings. The van der Waals surface area contributed by atoms with Crippen LogP contribution in [-0.4, -0.2) is 24.2 Å². The van der Waals surface area contributed by atoms with Crippen LogP contribution in [0, 0.1) is 11.3 Å². The summed E-state index contributed by atoms with van der Waals surface area (Å²) in [5.41, 5.74) is 6.87. The molecule has 0 aliphatic carbocycles. The summed E-state index contributed by atoms with van der Waals surface area (Å²) in [6, 6.07) is 13.3. The first kappa shape index (κ1) is 21.3. The van der Waals surface area contributed by atoms with Crippen molar-refractivity contribution in [1.82, 2.24) is 4.57 Å². The molecule has 1 aromatic heterocycles. The molecular formula is C23H19F3N4O2. The third kappa shape index (κ3) is 3.64. The number of carbonyl (C=O) groups excluding carboxylic acids is 1. The number of rotatable bonds is 3. The largest absolute Gasteiger partial charge is 0.464 e. The fourth-order valence-corrected chi connectivity index (χ4v) is 4.00. The number of fused-ring (bicyclic) bond motifs is 1. The van der Waals surface area contributed by atoms with E-state index < -0.39 is 17.7 Å². The average Bonchev–Trinajstić information content (AvgIpc) is 3.13. The minimum absolute atomic E-state index is 0.0318. The summed E-state index contributed by atoms with van der Waals surface area (Å²) in [6.45, 7) is 0.808. The first-order chi connectivity index (χ1) is 15.2. The second-order valence-corrected chi connectivity index (χ2v) is 7.42. The normalized spacial score (nSPS) is 13.4. The molecule has 4 rings (SSSR count). The molecule has 0 saturated heterocycles. The van der Waals surface area contributed by atoms with E-state index in [2.05, 4.69) is 0 Å². The number of nitrogen functional groups attached to an aromatic ring is 1. The van der Waals surface area contributed by atoms with Crippen molar-refractivity contribution in [2.75, 3.05) is 24.3 Å². The molecule has 32 heavy (non-hydrogen) atoms. The molecule has 1 aliphatic rings. The smallest absolute Gasteiger partial charge is 0.418 e. The van der Waals surface area contributed by atoms with Gasteiger partial charge in [-0.25, -0.2) is 4.79 Å². The number of nitrogens with two attached hydrogens (primary N) is 1. The molecule has 0 bridgehead atoms. The minimum atomic E-state index is -4.63. The first-order valence-corrected chi connectivity index (χ1v) is 9.77. The fourth-order valence-electron chi connectivity index (χ4n) is 4.00. The van der Waals surface area contributed by atoms with E-state index in [4.69, 9.17) is 10.5 Å². The fraction of sp³-hybridized carbons (Fsp3) is 0.217. The van der Waals surface area contributed by atoms with Gasteiger partial charge < -0.3 is 19.9 Å². The van der Waals surface area contributed by atoms with E-state index in [1.54, 1.807) is 4.90 Å². The standard InChI is InChI=1S/C23H19F3N4O2/c1-32-22(31)21-20(28)16(11-27)13-30(21)17-6-7-19(18(10-17)23(24,25)26)29-9-8-14-4-2-3-5-15(14)12-29/h2-7,10,13H,8-9,12,28H2,1H3. The molecule has 2 heterocycles. The predicted octanol–water partition coefficient (Wildman–Crippen LogP) is 4.30. The Morgan fingerprint density at radius 3 is 2.56 bits per heavy atom. The summed E-state index contributed by atoms with van der Waals surface area (Å²) >= 11 is 0. The Kier molecular flexibility index (Phi) is 5.30. The van der Waals surface area contributed by atoms with E-state index in [1.807, 2.05) is 30.3 Å². The Labute approximate surface area is 182 Å². The third-order valence-electron chi connectivity index (χ3n) is 5.58. The molecule has 2 N–H and O–H groups in total. The number of nitrogens with zero attached hydrogens (tertiary/aromatic N) is 3. The number of ether oxygens (including phenoxy) is 1. The zero-order valence-electron chi connectivity index (χ0n) is 17.1. The first-order valence-electron chi connectivity index (χ1n) is 9.77. The molecule has 0 radical (unpaired) electrons. The van der Waals surface area contributed by atoms with E-state index in [0.717, 1.165) is 28.9 Å². The highest BCUT2D eigenvalue weighted by Gasteiger charge is 2.36. The number of aromatic nitrogens is 1. The summed E-state index contributed by atoms with van der Waals surface area (Å²) in [5, 5.41) is 9.25. The van der Waals surface area contributed by atoms with Crippen molar-refractivity contribution >= 4 is 17.3 Å². The van der Waals surface area contributed by atoms with Crippen LogP contribution in [0.3, 0.4) is 0 Å². The van der Waals surface area contributed by atoms with Crippen LogP contribution in [0.2, 0.25) is 0 Å². The lowest BCUT2D eigenvalue weighted by molar-refractivity contribution is -0.137. The lowest BCUT2D eigenvalue weighted by Gasteiger charge is -2.33. The van der Waals surface area contributed by atoms with Gasteiger partial charge in [-0.3, -0.25) is 0 Å². The van der Waals surface area contributed by atoms with Crippen LogP contribution >= 0.6 is 0 Å². The molecule has 0 unspecified atom stereocenters. The highest BCUT2D eigenvalue weighted by molar-refractivity contribution is 5.96. The van der Waals surface area contributed by atoms with Gasteiger partial charge in [-0.1, -0.05) is 24.3 Å².